The molecule has 190 valence electrons. The molecule has 1 saturated heterocycles. The summed E-state index contributed by atoms with van der Waals surface area (Å²) >= 11 is 0. The Hall–Kier alpha value is -3.90. The maximum Gasteiger partial charge on any atom is 0.322 e. The Morgan fingerprint density at radius 2 is 1.70 bits per heavy atom. The Bertz CT molecular complexity index is 1280. The summed E-state index contributed by atoms with van der Waals surface area (Å²) < 4.78 is 0. The number of nitrogens with one attached hydrogen (secondary N) is 2. The number of urea groups is 1. The van der Waals surface area contributed by atoms with Crippen molar-refractivity contribution in [3.8, 4) is 0 Å². The highest BCUT2D eigenvalue weighted by atomic mass is 16.2. The fraction of sp³-hybridized carbons (Fsp3) is 0.290. The van der Waals surface area contributed by atoms with Crippen molar-refractivity contribution in [3.63, 3.8) is 0 Å². The Morgan fingerprint density at radius 3 is 2.35 bits per heavy atom. The Kier molecular flexibility index (Phi) is 7.66. The van der Waals surface area contributed by atoms with Crippen LogP contribution in [0.15, 0.2) is 91.4 Å². The fourth-order valence-corrected chi connectivity index (χ4v) is 5.26. The Labute approximate surface area is 219 Å². The second-order valence-electron chi connectivity index (χ2n) is 9.93. The number of piperidine rings is 1. The Morgan fingerprint density at radius 1 is 1.00 bits per heavy atom. The minimum atomic E-state index is -0.0484. The zero-order chi connectivity index (χ0) is 25.6. The monoisotopic (exact) mass is 493 g/mol. The van der Waals surface area contributed by atoms with E-state index in [1.165, 1.54) is 16.7 Å². The highest BCUT2D eigenvalue weighted by Crippen LogP contribution is 2.32. The average molecular weight is 494 g/mol. The predicted octanol–water partition coefficient (Wildman–Crippen LogP) is 6.31. The van der Waals surface area contributed by atoms with Crippen LogP contribution in [0, 0.1) is 13.8 Å². The number of para-hydroxylation sites is 1. The molecule has 2 amide bonds. The topological polar surface area (TPSA) is 64.3 Å². The zero-order valence-corrected chi connectivity index (χ0v) is 21.6. The molecule has 3 aromatic carbocycles. The molecule has 1 aromatic heterocycles. The number of rotatable bonds is 7. The molecule has 2 heterocycles. The third-order valence-corrected chi connectivity index (χ3v) is 7.45. The molecule has 1 fully saturated rings. The van der Waals surface area contributed by atoms with Crippen LogP contribution in [0.2, 0.25) is 0 Å². The lowest BCUT2D eigenvalue weighted by molar-refractivity contribution is 0.106. The first-order chi connectivity index (χ1) is 18.1. The Balaban J connectivity index is 1.34. The normalized spacial score (nSPS) is 15.3. The number of aromatic amines is 1. The number of aryl methyl sites for hydroxylation is 2. The first-order valence-electron chi connectivity index (χ1n) is 13.0. The van der Waals surface area contributed by atoms with Gasteiger partial charge in [0.25, 0.3) is 0 Å². The van der Waals surface area contributed by atoms with Crippen molar-refractivity contribution < 1.29 is 4.79 Å². The standard InChI is InChI=1S/C31H35N5O/c1-23-13-14-26(19-24(23)2)30(29-20-32-22-33-29)35-17-15-28(16-18-35)36(21-25-9-5-3-6-10-25)31(37)34-27-11-7-4-8-12-27/h3-14,19-20,22,28,30H,15-18,21H2,1-2H3,(H,32,33)(H,34,37). The van der Waals surface area contributed by atoms with E-state index < -0.39 is 0 Å². The molecule has 6 heteroatoms. The fourth-order valence-electron chi connectivity index (χ4n) is 5.26. The first kappa shape index (κ1) is 24.8. The van der Waals surface area contributed by atoms with Crippen molar-refractivity contribution in [3.05, 3.63) is 119 Å². The smallest absolute Gasteiger partial charge is 0.322 e. The van der Waals surface area contributed by atoms with Gasteiger partial charge in [-0.25, -0.2) is 9.78 Å². The number of likely N-dealkylation sites (tertiary alicyclic amines) is 1. The van der Waals surface area contributed by atoms with E-state index in [-0.39, 0.29) is 18.1 Å². The molecule has 1 atom stereocenters. The summed E-state index contributed by atoms with van der Waals surface area (Å²) in [5.74, 6) is 0. The van der Waals surface area contributed by atoms with Crippen molar-refractivity contribution in [2.45, 2.75) is 45.3 Å². The largest absolute Gasteiger partial charge is 0.347 e. The molecule has 0 bridgehead atoms. The van der Waals surface area contributed by atoms with Crippen LogP contribution in [0.25, 0.3) is 0 Å². The minimum absolute atomic E-state index is 0.0484. The number of carbonyl (C=O) groups excluding carboxylic acids is 1. The molecular formula is C31H35N5O. The summed E-state index contributed by atoms with van der Waals surface area (Å²) in [6.45, 7) is 6.70. The molecule has 2 N–H and O–H groups in total. The number of anilines is 1. The van der Waals surface area contributed by atoms with Gasteiger partial charge < -0.3 is 15.2 Å². The van der Waals surface area contributed by atoms with E-state index in [0.717, 1.165) is 42.9 Å². The number of amides is 2. The van der Waals surface area contributed by atoms with Crippen LogP contribution in [0.4, 0.5) is 10.5 Å². The first-order valence-corrected chi connectivity index (χ1v) is 13.0. The predicted molar refractivity (Wildman–Crippen MR) is 148 cm³/mol. The van der Waals surface area contributed by atoms with E-state index in [0.29, 0.717) is 6.54 Å². The molecule has 1 aliphatic rings. The van der Waals surface area contributed by atoms with E-state index in [4.69, 9.17) is 0 Å². The zero-order valence-electron chi connectivity index (χ0n) is 21.6. The number of hydrogen-bond donors (Lipinski definition) is 2. The van der Waals surface area contributed by atoms with Gasteiger partial charge in [0, 0.05) is 37.6 Å². The van der Waals surface area contributed by atoms with Crippen LogP contribution in [0.3, 0.4) is 0 Å². The summed E-state index contributed by atoms with van der Waals surface area (Å²) in [6, 6.07) is 26.9. The number of carbonyl (C=O) groups is 1. The molecule has 37 heavy (non-hydrogen) atoms. The van der Waals surface area contributed by atoms with Crippen LogP contribution in [0.5, 0.6) is 0 Å². The molecule has 4 aromatic rings. The quantitative estimate of drug-likeness (QED) is 0.317. The summed E-state index contributed by atoms with van der Waals surface area (Å²) in [5.41, 5.74) is 6.92. The molecule has 5 rings (SSSR count). The lowest BCUT2D eigenvalue weighted by atomic mass is 9.94. The van der Waals surface area contributed by atoms with Crippen LogP contribution in [0.1, 0.15) is 46.8 Å². The summed E-state index contributed by atoms with van der Waals surface area (Å²) in [7, 11) is 0. The number of aromatic nitrogens is 2. The third-order valence-electron chi connectivity index (χ3n) is 7.45. The van der Waals surface area contributed by atoms with Gasteiger partial charge in [0.2, 0.25) is 0 Å². The van der Waals surface area contributed by atoms with E-state index >= 15 is 0 Å². The van der Waals surface area contributed by atoms with Gasteiger partial charge in [-0.05, 0) is 61.1 Å². The lowest BCUT2D eigenvalue weighted by Gasteiger charge is -2.41. The summed E-state index contributed by atoms with van der Waals surface area (Å²) in [5, 5.41) is 3.11. The molecule has 1 aliphatic heterocycles. The van der Waals surface area contributed by atoms with E-state index in [9.17, 15) is 4.79 Å². The summed E-state index contributed by atoms with van der Waals surface area (Å²) in [6.07, 6.45) is 5.50. The molecule has 0 spiro atoms. The van der Waals surface area contributed by atoms with Crippen molar-refractivity contribution in [1.29, 1.82) is 0 Å². The van der Waals surface area contributed by atoms with Crippen molar-refractivity contribution in [2.75, 3.05) is 18.4 Å². The number of benzene rings is 3. The van der Waals surface area contributed by atoms with Gasteiger partial charge in [-0.2, -0.15) is 0 Å². The van der Waals surface area contributed by atoms with E-state index in [1.54, 1.807) is 6.33 Å². The van der Waals surface area contributed by atoms with Crippen LogP contribution in [-0.2, 0) is 6.54 Å². The maximum atomic E-state index is 13.5. The van der Waals surface area contributed by atoms with E-state index in [1.807, 2.05) is 59.6 Å². The number of hydrogen-bond acceptors (Lipinski definition) is 3. The number of imidazole rings is 1. The summed E-state index contributed by atoms with van der Waals surface area (Å²) in [4.78, 5) is 25.7. The maximum absolute atomic E-state index is 13.5. The lowest BCUT2D eigenvalue weighted by Crippen LogP contribution is -2.49. The van der Waals surface area contributed by atoms with Gasteiger partial charge in [-0.3, -0.25) is 4.90 Å². The van der Waals surface area contributed by atoms with Gasteiger partial charge in [0.1, 0.15) is 0 Å². The molecule has 0 aliphatic carbocycles. The van der Waals surface area contributed by atoms with Crippen LogP contribution in [-0.4, -0.2) is 44.9 Å². The highest BCUT2D eigenvalue weighted by molar-refractivity contribution is 5.89. The molecule has 6 nitrogen and oxygen atoms in total. The van der Waals surface area contributed by atoms with Gasteiger partial charge in [-0.15, -0.1) is 0 Å². The van der Waals surface area contributed by atoms with Gasteiger partial charge in [0.05, 0.1) is 18.1 Å². The third kappa shape index (κ3) is 5.92. The average Bonchev–Trinajstić information content (AvgIpc) is 3.45. The van der Waals surface area contributed by atoms with Crippen molar-refractivity contribution >= 4 is 11.7 Å². The van der Waals surface area contributed by atoms with E-state index in [2.05, 4.69) is 64.4 Å². The second-order valence-corrected chi connectivity index (χ2v) is 9.93. The molecule has 0 saturated carbocycles. The second kappa shape index (κ2) is 11.4. The molecular weight excluding hydrogens is 458 g/mol. The van der Waals surface area contributed by atoms with Crippen molar-refractivity contribution in [2.24, 2.45) is 0 Å². The number of nitrogens with zero attached hydrogens (tertiary/aromatic N) is 3. The molecule has 1 unspecified atom stereocenters. The minimum Gasteiger partial charge on any atom is -0.347 e. The molecule has 0 radical (unpaired) electrons. The number of H-pyrrole nitrogens is 1. The van der Waals surface area contributed by atoms with Crippen LogP contribution < -0.4 is 5.32 Å². The SMILES string of the molecule is Cc1ccc(C(c2cnc[nH]2)N2CCC(N(Cc3ccccc3)C(=O)Nc3ccccc3)CC2)cc1C. The van der Waals surface area contributed by atoms with Crippen LogP contribution >= 0.6 is 0 Å². The highest BCUT2D eigenvalue weighted by Gasteiger charge is 2.32. The van der Waals surface area contributed by atoms with Gasteiger partial charge in [0.15, 0.2) is 0 Å². The van der Waals surface area contributed by atoms with Crippen molar-refractivity contribution in [1.82, 2.24) is 19.8 Å². The van der Waals surface area contributed by atoms with Gasteiger partial charge in [-0.1, -0.05) is 66.7 Å². The van der Waals surface area contributed by atoms with Gasteiger partial charge >= 0.3 is 6.03 Å².